The first-order valence-corrected chi connectivity index (χ1v) is 3.91. The van der Waals surface area contributed by atoms with Crippen LogP contribution in [0.15, 0.2) is 24.3 Å². The van der Waals surface area contributed by atoms with Crippen molar-refractivity contribution in [1.29, 1.82) is 0 Å². The lowest BCUT2D eigenvalue weighted by molar-refractivity contribution is -0.123. The first-order chi connectivity index (χ1) is 6.09. The first kappa shape index (κ1) is 12.6. The van der Waals surface area contributed by atoms with Crippen molar-refractivity contribution >= 4 is 24.0 Å². The Kier molecular flexibility index (Phi) is 4.80. The van der Waals surface area contributed by atoms with Gasteiger partial charge in [0.25, 0.3) is 5.91 Å². The normalized spacial score (nSPS) is 11.2. The third-order valence-corrected chi connectivity index (χ3v) is 1.59. The lowest BCUT2D eigenvalue weighted by Crippen LogP contribution is -2.30. The zero-order valence-electron chi connectivity index (χ0n) is 7.77. The summed E-state index contributed by atoms with van der Waals surface area (Å²) in [5.41, 5.74) is 11.1. The first-order valence-electron chi connectivity index (χ1n) is 3.91. The van der Waals surface area contributed by atoms with Crippen molar-refractivity contribution in [3.8, 4) is 5.75 Å². The Bertz CT molecular complexity index is 300. The molecule has 0 fully saturated rings. The Morgan fingerprint density at radius 2 is 1.86 bits per heavy atom. The molecule has 0 aliphatic heterocycles. The van der Waals surface area contributed by atoms with Crippen molar-refractivity contribution in [2.24, 2.45) is 5.73 Å². The van der Waals surface area contributed by atoms with E-state index in [9.17, 15) is 4.79 Å². The van der Waals surface area contributed by atoms with Crippen molar-refractivity contribution in [3.05, 3.63) is 24.3 Å². The highest BCUT2D eigenvalue weighted by atomic mass is 35.5. The molecule has 1 atom stereocenters. The Labute approximate surface area is 88.6 Å². The number of primary amides is 1. The highest BCUT2D eigenvalue weighted by molar-refractivity contribution is 5.85. The number of hydrogen-bond acceptors (Lipinski definition) is 3. The second-order valence-corrected chi connectivity index (χ2v) is 2.73. The summed E-state index contributed by atoms with van der Waals surface area (Å²) in [4.78, 5) is 10.6. The van der Waals surface area contributed by atoms with E-state index in [0.717, 1.165) is 0 Å². The molecule has 0 saturated heterocycles. The molecule has 1 unspecified atom stereocenters. The van der Waals surface area contributed by atoms with Gasteiger partial charge in [0, 0.05) is 5.69 Å². The van der Waals surface area contributed by atoms with Crippen LogP contribution in [0.1, 0.15) is 6.92 Å². The van der Waals surface area contributed by atoms with Crippen LogP contribution < -0.4 is 16.2 Å². The van der Waals surface area contributed by atoms with Crippen LogP contribution in [-0.4, -0.2) is 12.0 Å². The lowest BCUT2D eigenvalue weighted by atomic mass is 10.3. The maximum atomic E-state index is 10.6. The van der Waals surface area contributed by atoms with E-state index in [2.05, 4.69) is 0 Å². The summed E-state index contributed by atoms with van der Waals surface area (Å²) in [6, 6.07) is 6.77. The minimum atomic E-state index is -0.622. The molecule has 0 aromatic heterocycles. The van der Waals surface area contributed by atoms with Crippen molar-refractivity contribution in [1.82, 2.24) is 0 Å². The number of halogens is 1. The number of rotatable bonds is 3. The molecule has 1 aromatic carbocycles. The molecule has 0 spiro atoms. The minimum Gasteiger partial charge on any atom is -0.481 e. The highest BCUT2D eigenvalue weighted by Gasteiger charge is 2.09. The van der Waals surface area contributed by atoms with Gasteiger partial charge in [-0.1, -0.05) is 0 Å². The molecule has 0 bridgehead atoms. The zero-order chi connectivity index (χ0) is 9.84. The number of hydrogen-bond donors (Lipinski definition) is 2. The highest BCUT2D eigenvalue weighted by Crippen LogP contribution is 2.14. The molecule has 0 radical (unpaired) electrons. The zero-order valence-corrected chi connectivity index (χ0v) is 8.58. The molecule has 0 aliphatic rings. The van der Waals surface area contributed by atoms with Gasteiger partial charge in [0.15, 0.2) is 6.10 Å². The van der Waals surface area contributed by atoms with Crippen LogP contribution >= 0.6 is 12.4 Å². The van der Waals surface area contributed by atoms with Gasteiger partial charge in [-0.25, -0.2) is 0 Å². The fourth-order valence-electron chi connectivity index (χ4n) is 0.809. The van der Waals surface area contributed by atoms with E-state index in [1.807, 2.05) is 0 Å². The number of benzene rings is 1. The van der Waals surface area contributed by atoms with E-state index >= 15 is 0 Å². The molecule has 4 nitrogen and oxygen atoms in total. The molecule has 0 aliphatic carbocycles. The average Bonchev–Trinajstić information content (AvgIpc) is 2.08. The fourth-order valence-corrected chi connectivity index (χ4v) is 0.809. The number of nitrogen functional groups attached to an aromatic ring is 1. The van der Waals surface area contributed by atoms with Gasteiger partial charge >= 0.3 is 0 Å². The topological polar surface area (TPSA) is 78.3 Å². The Balaban J connectivity index is 0.00000169. The standard InChI is InChI=1S/C9H12N2O2.ClH/c1-6(9(11)12)13-8-4-2-7(10)3-5-8;/h2-6H,10H2,1H3,(H2,11,12);1H. The fraction of sp³-hybridized carbons (Fsp3) is 0.222. The van der Waals surface area contributed by atoms with Gasteiger partial charge in [-0.15, -0.1) is 12.4 Å². The van der Waals surface area contributed by atoms with Gasteiger partial charge in [0.2, 0.25) is 0 Å². The van der Waals surface area contributed by atoms with Crippen molar-refractivity contribution in [2.45, 2.75) is 13.0 Å². The molecule has 1 amide bonds. The van der Waals surface area contributed by atoms with Crippen LogP contribution in [0.4, 0.5) is 5.69 Å². The third-order valence-electron chi connectivity index (χ3n) is 1.59. The van der Waals surface area contributed by atoms with Gasteiger partial charge in [-0.2, -0.15) is 0 Å². The molecule has 0 saturated carbocycles. The molecule has 1 aromatic rings. The quantitative estimate of drug-likeness (QED) is 0.739. The van der Waals surface area contributed by atoms with E-state index in [1.165, 1.54) is 0 Å². The summed E-state index contributed by atoms with van der Waals surface area (Å²) < 4.78 is 5.20. The number of anilines is 1. The molecule has 14 heavy (non-hydrogen) atoms. The summed E-state index contributed by atoms with van der Waals surface area (Å²) in [6.45, 7) is 1.60. The van der Waals surface area contributed by atoms with Crippen LogP contribution in [0.3, 0.4) is 0 Å². The summed E-state index contributed by atoms with van der Waals surface area (Å²) in [5.74, 6) is 0.0947. The summed E-state index contributed by atoms with van der Waals surface area (Å²) in [5, 5.41) is 0. The van der Waals surface area contributed by atoms with Gasteiger partial charge in [-0.3, -0.25) is 4.79 Å². The monoisotopic (exact) mass is 216 g/mol. The smallest absolute Gasteiger partial charge is 0.258 e. The van der Waals surface area contributed by atoms with Crippen LogP contribution in [0.5, 0.6) is 5.75 Å². The minimum absolute atomic E-state index is 0. The molecular formula is C9H13ClN2O2. The van der Waals surface area contributed by atoms with E-state index in [0.29, 0.717) is 11.4 Å². The number of nitrogens with two attached hydrogens (primary N) is 2. The number of ether oxygens (including phenoxy) is 1. The van der Waals surface area contributed by atoms with Crippen molar-refractivity contribution in [3.63, 3.8) is 0 Å². The lowest BCUT2D eigenvalue weighted by Gasteiger charge is -2.10. The van der Waals surface area contributed by atoms with Gasteiger partial charge in [-0.05, 0) is 31.2 Å². The van der Waals surface area contributed by atoms with E-state index in [4.69, 9.17) is 16.2 Å². The maximum Gasteiger partial charge on any atom is 0.258 e. The number of carbonyl (C=O) groups is 1. The molecule has 0 heterocycles. The second-order valence-electron chi connectivity index (χ2n) is 2.73. The maximum absolute atomic E-state index is 10.6. The SMILES string of the molecule is CC(Oc1ccc(N)cc1)C(N)=O.Cl. The molecule has 78 valence electrons. The Morgan fingerprint density at radius 1 is 1.36 bits per heavy atom. The third kappa shape index (κ3) is 3.53. The molecule has 4 N–H and O–H groups in total. The second kappa shape index (κ2) is 5.34. The molecule has 5 heteroatoms. The summed E-state index contributed by atoms with van der Waals surface area (Å²) >= 11 is 0. The molecular weight excluding hydrogens is 204 g/mol. The van der Waals surface area contributed by atoms with Gasteiger partial charge in [0.1, 0.15) is 5.75 Å². The summed E-state index contributed by atoms with van der Waals surface area (Å²) in [6.07, 6.45) is -0.622. The van der Waals surface area contributed by atoms with Crippen LogP contribution in [0, 0.1) is 0 Å². The molecule has 1 rings (SSSR count). The number of amides is 1. The van der Waals surface area contributed by atoms with Crippen LogP contribution in [-0.2, 0) is 4.79 Å². The van der Waals surface area contributed by atoms with Crippen molar-refractivity contribution in [2.75, 3.05) is 5.73 Å². The Morgan fingerprint density at radius 3 is 2.29 bits per heavy atom. The average molecular weight is 217 g/mol. The van der Waals surface area contributed by atoms with E-state index in [1.54, 1.807) is 31.2 Å². The van der Waals surface area contributed by atoms with Crippen LogP contribution in [0.2, 0.25) is 0 Å². The van der Waals surface area contributed by atoms with E-state index in [-0.39, 0.29) is 12.4 Å². The van der Waals surface area contributed by atoms with Crippen LogP contribution in [0.25, 0.3) is 0 Å². The van der Waals surface area contributed by atoms with E-state index < -0.39 is 12.0 Å². The summed E-state index contributed by atoms with van der Waals surface area (Å²) in [7, 11) is 0. The largest absolute Gasteiger partial charge is 0.481 e. The predicted molar refractivity (Wildman–Crippen MR) is 57.4 cm³/mol. The van der Waals surface area contributed by atoms with Gasteiger partial charge < -0.3 is 16.2 Å². The van der Waals surface area contributed by atoms with Crippen molar-refractivity contribution < 1.29 is 9.53 Å². The Hall–Kier alpha value is -1.42. The number of carbonyl (C=O) groups excluding carboxylic acids is 1. The van der Waals surface area contributed by atoms with Gasteiger partial charge in [0.05, 0.1) is 0 Å². The predicted octanol–water partition coefficient (Wildman–Crippen LogP) is 0.943.